The lowest BCUT2D eigenvalue weighted by Gasteiger charge is -2.19. The van der Waals surface area contributed by atoms with Gasteiger partial charge in [0.05, 0.1) is 6.10 Å². The molecule has 0 saturated carbocycles. The van der Waals surface area contributed by atoms with Gasteiger partial charge in [-0.15, -0.1) is 10.2 Å². The van der Waals surface area contributed by atoms with Crippen LogP contribution in [-0.4, -0.2) is 28.4 Å². The molecule has 2 heterocycles. The SMILES string of the molecule is CC1CCC(c2nnc(CCNC(C)(C)C)o2)O1. The van der Waals surface area contributed by atoms with Crippen molar-refractivity contribution in [3.05, 3.63) is 11.8 Å². The number of rotatable bonds is 4. The maximum Gasteiger partial charge on any atom is 0.245 e. The van der Waals surface area contributed by atoms with Crippen molar-refractivity contribution < 1.29 is 9.15 Å². The standard InChI is InChI=1S/C13H23N3O2/c1-9-5-6-10(17-9)12-16-15-11(18-12)7-8-14-13(2,3)4/h9-10,14H,5-8H2,1-4H3. The third kappa shape index (κ3) is 3.78. The van der Waals surface area contributed by atoms with Crippen LogP contribution in [0, 0.1) is 0 Å². The minimum Gasteiger partial charge on any atom is -0.422 e. The van der Waals surface area contributed by atoms with E-state index in [1.807, 2.05) is 0 Å². The van der Waals surface area contributed by atoms with Crippen molar-refractivity contribution in [3.8, 4) is 0 Å². The molecule has 0 radical (unpaired) electrons. The van der Waals surface area contributed by atoms with Gasteiger partial charge in [-0.2, -0.15) is 0 Å². The van der Waals surface area contributed by atoms with E-state index < -0.39 is 0 Å². The van der Waals surface area contributed by atoms with Gasteiger partial charge in [-0.1, -0.05) is 0 Å². The second kappa shape index (κ2) is 5.36. The summed E-state index contributed by atoms with van der Waals surface area (Å²) in [4.78, 5) is 0. The summed E-state index contributed by atoms with van der Waals surface area (Å²) in [6.07, 6.45) is 3.09. The third-order valence-electron chi connectivity index (χ3n) is 2.98. The number of hydrogen-bond donors (Lipinski definition) is 1. The maximum absolute atomic E-state index is 5.71. The average molecular weight is 253 g/mol. The Kier molecular flexibility index (Phi) is 4.02. The molecule has 0 amide bonds. The predicted octanol–water partition coefficient (Wildman–Crippen LogP) is 2.24. The molecular weight excluding hydrogens is 230 g/mol. The van der Waals surface area contributed by atoms with Crippen LogP contribution in [0.25, 0.3) is 0 Å². The Morgan fingerprint density at radius 3 is 2.67 bits per heavy atom. The van der Waals surface area contributed by atoms with E-state index in [-0.39, 0.29) is 11.6 Å². The van der Waals surface area contributed by atoms with Crippen LogP contribution >= 0.6 is 0 Å². The molecule has 0 aromatic carbocycles. The zero-order chi connectivity index (χ0) is 13.2. The van der Waals surface area contributed by atoms with Gasteiger partial charge in [0.2, 0.25) is 11.8 Å². The first-order chi connectivity index (χ1) is 8.44. The summed E-state index contributed by atoms with van der Waals surface area (Å²) in [6, 6.07) is 0. The normalized spacial score (nSPS) is 24.7. The van der Waals surface area contributed by atoms with E-state index in [0.29, 0.717) is 17.9 Å². The molecule has 1 N–H and O–H groups in total. The largest absolute Gasteiger partial charge is 0.422 e. The number of ether oxygens (including phenoxy) is 1. The zero-order valence-electron chi connectivity index (χ0n) is 11.7. The number of nitrogens with one attached hydrogen (secondary N) is 1. The molecule has 0 spiro atoms. The van der Waals surface area contributed by atoms with Crippen LogP contribution < -0.4 is 5.32 Å². The van der Waals surface area contributed by atoms with Gasteiger partial charge < -0.3 is 14.5 Å². The van der Waals surface area contributed by atoms with Crippen molar-refractivity contribution in [2.45, 2.75) is 64.7 Å². The zero-order valence-corrected chi connectivity index (χ0v) is 11.7. The molecule has 1 aromatic rings. The number of nitrogens with zero attached hydrogens (tertiary/aromatic N) is 2. The Labute approximate surface area is 108 Å². The molecule has 102 valence electrons. The lowest BCUT2D eigenvalue weighted by atomic mass is 10.1. The van der Waals surface area contributed by atoms with Crippen LogP contribution in [0.2, 0.25) is 0 Å². The van der Waals surface area contributed by atoms with E-state index in [4.69, 9.17) is 9.15 Å². The third-order valence-corrected chi connectivity index (χ3v) is 2.98. The first-order valence-electron chi connectivity index (χ1n) is 6.67. The van der Waals surface area contributed by atoms with Gasteiger partial charge in [-0.05, 0) is 40.5 Å². The molecule has 18 heavy (non-hydrogen) atoms. The van der Waals surface area contributed by atoms with Crippen LogP contribution in [0.5, 0.6) is 0 Å². The molecule has 0 aliphatic carbocycles. The Balaban J connectivity index is 1.83. The van der Waals surface area contributed by atoms with Crippen molar-refractivity contribution in [3.63, 3.8) is 0 Å². The Morgan fingerprint density at radius 1 is 1.28 bits per heavy atom. The molecule has 5 nitrogen and oxygen atoms in total. The van der Waals surface area contributed by atoms with Gasteiger partial charge in [-0.25, -0.2) is 0 Å². The molecule has 5 heteroatoms. The smallest absolute Gasteiger partial charge is 0.245 e. The molecular formula is C13H23N3O2. The summed E-state index contributed by atoms with van der Waals surface area (Å²) in [5, 5.41) is 11.5. The molecule has 1 fully saturated rings. The van der Waals surface area contributed by atoms with E-state index in [9.17, 15) is 0 Å². The lowest BCUT2D eigenvalue weighted by Crippen LogP contribution is -2.37. The van der Waals surface area contributed by atoms with Crippen LogP contribution in [0.15, 0.2) is 4.42 Å². The van der Waals surface area contributed by atoms with E-state index in [0.717, 1.165) is 25.8 Å². The second-order valence-corrected chi connectivity index (χ2v) is 5.97. The number of aromatic nitrogens is 2. The molecule has 2 atom stereocenters. The van der Waals surface area contributed by atoms with E-state index >= 15 is 0 Å². The molecule has 1 aromatic heterocycles. The maximum atomic E-state index is 5.71. The summed E-state index contributed by atoms with van der Waals surface area (Å²) in [7, 11) is 0. The fourth-order valence-corrected chi connectivity index (χ4v) is 2.03. The van der Waals surface area contributed by atoms with Gasteiger partial charge in [0.15, 0.2) is 0 Å². The first-order valence-corrected chi connectivity index (χ1v) is 6.67. The number of hydrogen-bond acceptors (Lipinski definition) is 5. The molecule has 2 unspecified atom stereocenters. The molecule has 2 rings (SSSR count). The van der Waals surface area contributed by atoms with E-state index in [1.54, 1.807) is 0 Å². The van der Waals surface area contributed by atoms with Crippen LogP contribution in [0.3, 0.4) is 0 Å². The topological polar surface area (TPSA) is 60.2 Å². The Hall–Kier alpha value is -0.940. The summed E-state index contributed by atoms with van der Waals surface area (Å²) in [5.74, 6) is 1.31. The quantitative estimate of drug-likeness (QED) is 0.891. The summed E-state index contributed by atoms with van der Waals surface area (Å²) in [5.41, 5.74) is 0.118. The van der Waals surface area contributed by atoms with Crippen molar-refractivity contribution in [2.75, 3.05) is 6.54 Å². The van der Waals surface area contributed by atoms with Crippen LogP contribution in [-0.2, 0) is 11.2 Å². The first kappa shape index (κ1) is 13.5. The average Bonchev–Trinajstić information content (AvgIpc) is 2.85. The fraction of sp³-hybridized carbons (Fsp3) is 0.846. The summed E-state index contributed by atoms with van der Waals surface area (Å²) in [6.45, 7) is 9.33. The monoisotopic (exact) mass is 253 g/mol. The molecule has 1 aliphatic rings. The molecule has 1 saturated heterocycles. The Morgan fingerprint density at radius 2 is 2.06 bits per heavy atom. The fourth-order valence-electron chi connectivity index (χ4n) is 2.03. The highest BCUT2D eigenvalue weighted by Gasteiger charge is 2.27. The van der Waals surface area contributed by atoms with Gasteiger partial charge in [-0.3, -0.25) is 0 Å². The summed E-state index contributed by atoms with van der Waals surface area (Å²) < 4.78 is 11.4. The van der Waals surface area contributed by atoms with Gasteiger partial charge >= 0.3 is 0 Å². The highest BCUT2D eigenvalue weighted by atomic mass is 16.5. The lowest BCUT2D eigenvalue weighted by molar-refractivity contribution is 0.0384. The predicted molar refractivity (Wildman–Crippen MR) is 68.3 cm³/mol. The highest BCUT2D eigenvalue weighted by molar-refractivity contribution is 4.91. The van der Waals surface area contributed by atoms with Gasteiger partial charge in [0, 0.05) is 18.5 Å². The van der Waals surface area contributed by atoms with Crippen molar-refractivity contribution in [2.24, 2.45) is 0 Å². The minimum absolute atomic E-state index is 0.00294. The van der Waals surface area contributed by atoms with E-state index in [2.05, 4.69) is 43.2 Å². The van der Waals surface area contributed by atoms with Crippen LogP contribution in [0.1, 0.15) is 58.4 Å². The highest BCUT2D eigenvalue weighted by Crippen LogP contribution is 2.31. The van der Waals surface area contributed by atoms with Gasteiger partial charge in [0.25, 0.3) is 0 Å². The summed E-state index contributed by atoms with van der Waals surface area (Å²) >= 11 is 0. The van der Waals surface area contributed by atoms with Crippen molar-refractivity contribution in [1.29, 1.82) is 0 Å². The van der Waals surface area contributed by atoms with Crippen molar-refractivity contribution in [1.82, 2.24) is 15.5 Å². The minimum atomic E-state index is -0.00294. The molecule has 1 aliphatic heterocycles. The van der Waals surface area contributed by atoms with Crippen LogP contribution in [0.4, 0.5) is 0 Å². The van der Waals surface area contributed by atoms with Crippen molar-refractivity contribution >= 4 is 0 Å². The Bertz CT molecular complexity index is 384. The van der Waals surface area contributed by atoms with Gasteiger partial charge in [0.1, 0.15) is 6.10 Å². The van der Waals surface area contributed by atoms with E-state index in [1.165, 1.54) is 0 Å². The molecule has 0 bridgehead atoms. The second-order valence-electron chi connectivity index (χ2n) is 5.97.